The zero-order chi connectivity index (χ0) is 0. The Balaban J connectivity index is 0. The standard InChI is InChI=1S/2Fe.3Mo.12H2O/h;;;;;12*1H2. The zero-order valence-electron chi connectivity index (χ0n) is 7.93. The average Bonchev–Trinajstić information content (AvgIpc) is 0. The second-order valence-corrected chi connectivity index (χ2v) is 0. The SMILES string of the molecule is O.O.O.O.O.O.O.O.O.O.O.O.[Fe].[Fe].[Mo].[Mo].[Mo]. The van der Waals surface area contributed by atoms with Crippen LogP contribution in [0.4, 0.5) is 0 Å². The van der Waals surface area contributed by atoms with Gasteiger partial charge in [-0.1, -0.05) is 0 Å². The fourth-order valence-electron chi connectivity index (χ4n) is 0. The van der Waals surface area contributed by atoms with E-state index in [9.17, 15) is 0 Å². The molecule has 0 atom stereocenters. The van der Waals surface area contributed by atoms with Crippen LogP contribution in [0.3, 0.4) is 0 Å². The van der Waals surface area contributed by atoms with Gasteiger partial charge in [0.05, 0.1) is 0 Å². The van der Waals surface area contributed by atoms with E-state index in [1.807, 2.05) is 0 Å². The van der Waals surface area contributed by atoms with E-state index in [0.29, 0.717) is 0 Å². The minimum Gasteiger partial charge on any atom is -0.412 e. The summed E-state index contributed by atoms with van der Waals surface area (Å²) in [4.78, 5) is 0. The second-order valence-electron chi connectivity index (χ2n) is 0. The van der Waals surface area contributed by atoms with Crippen LogP contribution in [0.25, 0.3) is 0 Å². The van der Waals surface area contributed by atoms with Crippen LogP contribution in [0, 0.1) is 0 Å². The molecule has 0 saturated heterocycles. The van der Waals surface area contributed by atoms with Crippen molar-refractivity contribution in [3.8, 4) is 0 Å². The van der Waals surface area contributed by atoms with Crippen molar-refractivity contribution in [2.24, 2.45) is 0 Å². The second kappa shape index (κ2) is 840. The van der Waals surface area contributed by atoms with Crippen LogP contribution in [0.2, 0.25) is 0 Å². The van der Waals surface area contributed by atoms with Crippen LogP contribution in [-0.4, -0.2) is 65.7 Å². The minimum absolute atomic E-state index is 0. The molecule has 130 valence electrons. The Hall–Kier alpha value is 2.62. The van der Waals surface area contributed by atoms with Crippen LogP contribution in [0.15, 0.2) is 0 Å². The molecule has 17 heteroatoms. The molecule has 0 unspecified atom stereocenters. The summed E-state index contributed by atoms with van der Waals surface area (Å²) in [6, 6.07) is 0. The molecular weight excluding hydrogens is 591 g/mol. The van der Waals surface area contributed by atoms with Crippen LogP contribution < -0.4 is 0 Å². The summed E-state index contributed by atoms with van der Waals surface area (Å²) >= 11 is 0. The van der Waals surface area contributed by atoms with E-state index in [-0.39, 0.29) is 163 Å². The van der Waals surface area contributed by atoms with Crippen molar-refractivity contribution in [1.82, 2.24) is 0 Å². The average molecular weight is 616 g/mol. The molecule has 0 spiro atoms. The molecule has 0 bridgehead atoms. The topological polar surface area (TPSA) is 378 Å². The number of rotatable bonds is 0. The quantitative estimate of drug-likeness (QED) is 0.229. The largest absolute Gasteiger partial charge is 0.412 e. The molecule has 12 nitrogen and oxygen atoms in total. The Morgan fingerprint density at radius 2 is 0.176 bits per heavy atom. The van der Waals surface area contributed by atoms with E-state index in [1.165, 1.54) is 0 Å². The van der Waals surface area contributed by atoms with Crippen LogP contribution >= 0.6 is 0 Å². The number of hydrogen-bond donors (Lipinski definition) is 0. The molecule has 0 heterocycles. The molecule has 0 aromatic heterocycles. The third-order valence-electron chi connectivity index (χ3n) is 0. The molecule has 0 fully saturated rings. The van der Waals surface area contributed by atoms with Gasteiger partial charge in [0, 0.05) is 97.3 Å². The van der Waals surface area contributed by atoms with E-state index >= 15 is 0 Å². The van der Waals surface area contributed by atoms with Gasteiger partial charge in [-0.2, -0.15) is 0 Å². The summed E-state index contributed by atoms with van der Waals surface area (Å²) in [5.74, 6) is 0. The van der Waals surface area contributed by atoms with Crippen molar-refractivity contribution >= 4 is 0 Å². The summed E-state index contributed by atoms with van der Waals surface area (Å²) in [6.07, 6.45) is 0. The normalized spacial score (nSPS) is 0. The van der Waals surface area contributed by atoms with Gasteiger partial charge in [0.15, 0.2) is 0 Å². The van der Waals surface area contributed by atoms with Gasteiger partial charge in [-0.05, 0) is 0 Å². The Labute approximate surface area is 161 Å². The van der Waals surface area contributed by atoms with E-state index in [1.54, 1.807) is 0 Å². The predicted molar refractivity (Wildman–Crippen MR) is 43.4 cm³/mol. The summed E-state index contributed by atoms with van der Waals surface area (Å²) in [6.45, 7) is 0. The predicted octanol–water partition coefficient (Wildman–Crippen LogP) is -9.91. The molecule has 0 saturated carbocycles. The molecule has 0 radical (unpaired) electrons. The fourth-order valence-corrected chi connectivity index (χ4v) is 0. The van der Waals surface area contributed by atoms with Gasteiger partial charge >= 0.3 is 0 Å². The van der Waals surface area contributed by atoms with Crippen molar-refractivity contribution in [1.29, 1.82) is 0 Å². The smallest absolute Gasteiger partial charge is 0 e. The maximum Gasteiger partial charge on any atom is 0 e. The maximum absolute atomic E-state index is 0. The van der Waals surface area contributed by atoms with Crippen LogP contribution in [-0.2, 0) is 97.3 Å². The Bertz CT molecular complexity index is 19.7. The van der Waals surface area contributed by atoms with E-state index < -0.39 is 0 Å². The summed E-state index contributed by atoms with van der Waals surface area (Å²) in [5, 5.41) is 0. The molecular formula is H24Fe2Mo3O12. The Kier molecular flexibility index (Phi) is 48900. The van der Waals surface area contributed by atoms with E-state index in [0.717, 1.165) is 0 Å². The first-order valence-electron chi connectivity index (χ1n) is 0. The molecule has 0 aromatic rings. The van der Waals surface area contributed by atoms with Crippen molar-refractivity contribution in [3.05, 3.63) is 0 Å². The van der Waals surface area contributed by atoms with Crippen molar-refractivity contribution in [2.75, 3.05) is 0 Å². The first kappa shape index (κ1) is 989. The molecule has 0 aliphatic carbocycles. The molecule has 0 aromatic carbocycles. The van der Waals surface area contributed by atoms with Gasteiger partial charge in [0.1, 0.15) is 0 Å². The molecule has 0 amide bonds. The van der Waals surface area contributed by atoms with Gasteiger partial charge in [0.2, 0.25) is 0 Å². The molecule has 17 heavy (non-hydrogen) atoms. The van der Waals surface area contributed by atoms with Crippen molar-refractivity contribution in [3.63, 3.8) is 0 Å². The first-order valence-corrected chi connectivity index (χ1v) is 0. The van der Waals surface area contributed by atoms with Crippen molar-refractivity contribution in [2.45, 2.75) is 0 Å². The third-order valence-corrected chi connectivity index (χ3v) is 0. The van der Waals surface area contributed by atoms with E-state index in [4.69, 9.17) is 0 Å². The molecule has 0 rings (SSSR count). The third kappa shape index (κ3) is 748. The Morgan fingerprint density at radius 1 is 0.176 bits per heavy atom. The molecule has 0 aliphatic heterocycles. The first-order chi connectivity index (χ1) is 0. The summed E-state index contributed by atoms with van der Waals surface area (Å²) in [7, 11) is 0. The summed E-state index contributed by atoms with van der Waals surface area (Å²) in [5.41, 5.74) is 0. The van der Waals surface area contributed by atoms with Crippen LogP contribution in [0.5, 0.6) is 0 Å². The summed E-state index contributed by atoms with van der Waals surface area (Å²) < 4.78 is 0. The van der Waals surface area contributed by atoms with Gasteiger partial charge in [-0.3, -0.25) is 0 Å². The molecule has 0 aliphatic rings. The zero-order valence-corrected chi connectivity index (χ0v) is 16.2. The van der Waals surface area contributed by atoms with Crippen molar-refractivity contribution < 1.29 is 163 Å². The van der Waals surface area contributed by atoms with Gasteiger partial charge in [0.25, 0.3) is 0 Å². The monoisotopic (exact) mass is 622 g/mol. The maximum atomic E-state index is 0. The Morgan fingerprint density at radius 3 is 0.176 bits per heavy atom. The van der Waals surface area contributed by atoms with Crippen LogP contribution in [0.1, 0.15) is 0 Å². The molecule has 24 N–H and O–H groups in total. The fraction of sp³-hybridized carbons (Fsp3) is 0. The van der Waals surface area contributed by atoms with Gasteiger partial charge in [-0.25, -0.2) is 0 Å². The van der Waals surface area contributed by atoms with E-state index in [2.05, 4.69) is 0 Å². The van der Waals surface area contributed by atoms with Gasteiger partial charge < -0.3 is 65.7 Å². The van der Waals surface area contributed by atoms with Gasteiger partial charge in [-0.15, -0.1) is 0 Å². The minimum atomic E-state index is 0. The number of hydrogen-bond acceptors (Lipinski definition) is 0.